The maximum absolute atomic E-state index is 12.5. The third kappa shape index (κ3) is 5.07. The van der Waals surface area contributed by atoms with Crippen molar-refractivity contribution in [3.05, 3.63) is 83.6 Å². The minimum atomic E-state index is -0.140. The van der Waals surface area contributed by atoms with Gasteiger partial charge in [0, 0.05) is 18.3 Å². The Labute approximate surface area is 159 Å². The fourth-order valence-electron chi connectivity index (χ4n) is 2.62. The number of benzene rings is 2. The Morgan fingerprint density at radius 2 is 1.85 bits per heavy atom. The van der Waals surface area contributed by atoms with Crippen molar-refractivity contribution in [1.82, 2.24) is 10.3 Å². The Kier molecular flexibility index (Phi) is 6.05. The summed E-state index contributed by atoms with van der Waals surface area (Å²) in [5.41, 5.74) is 3.62. The number of nitrogens with one attached hydrogen (secondary N) is 2. The number of pyridine rings is 1. The van der Waals surface area contributed by atoms with E-state index in [1.54, 1.807) is 18.3 Å². The molecule has 0 bridgehead atoms. The smallest absolute Gasteiger partial charge is 0.251 e. The van der Waals surface area contributed by atoms with Gasteiger partial charge in [-0.05, 0) is 43.7 Å². The molecule has 0 aliphatic carbocycles. The van der Waals surface area contributed by atoms with Crippen molar-refractivity contribution in [2.75, 3.05) is 11.9 Å². The molecule has 2 aromatic carbocycles. The second-order valence-corrected chi connectivity index (χ2v) is 6.15. The first-order chi connectivity index (χ1) is 13.2. The predicted molar refractivity (Wildman–Crippen MR) is 107 cm³/mol. The van der Waals surface area contributed by atoms with Gasteiger partial charge in [-0.3, -0.25) is 4.79 Å². The van der Waals surface area contributed by atoms with Gasteiger partial charge in [-0.2, -0.15) is 0 Å². The van der Waals surface area contributed by atoms with Crippen LogP contribution < -0.4 is 15.4 Å². The van der Waals surface area contributed by atoms with Gasteiger partial charge in [0.25, 0.3) is 5.91 Å². The Hall–Kier alpha value is -3.34. The van der Waals surface area contributed by atoms with Crippen molar-refractivity contribution in [1.29, 1.82) is 0 Å². The SMILES string of the molecule is CCOc1ccccc1Nc1cc(C(=O)NCc2ccc(C)cc2)ccn1. The van der Waals surface area contributed by atoms with Crippen LogP contribution in [0.1, 0.15) is 28.4 Å². The van der Waals surface area contributed by atoms with E-state index in [-0.39, 0.29) is 5.91 Å². The zero-order chi connectivity index (χ0) is 19.1. The van der Waals surface area contributed by atoms with Crippen LogP contribution in [0.3, 0.4) is 0 Å². The molecule has 0 spiro atoms. The number of amides is 1. The minimum absolute atomic E-state index is 0.140. The highest BCUT2D eigenvalue weighted by Crippen LogP contribution is 2.26. The minimum Gasteiger partial charge on any atom is -0.492 e. The Morgan fingerprint density at radius 1 is 1.07 bits per heavy atom. The lowest BCUT2D eigenvalue weighted by molar-refractivity contribution is 0.0951. The number of aromatic nitrogens is 1. The van der Waals surface area contributed by atoms with Gasteiger partial charge in [-0.25, -0.2) is 4.98 Å². The molecule has 0 fully saturated rings. The molecule has 1 amide bonds. The third-order valence-electron chi connectivity index (χ3n) is 4.05. The topological polar surface area (TPSA) is 63.2 Å². The van der Waals surface area contributed by atoms with E-state index in [9.17, 15) is 4.79 Å². The quantitative estimate of drug-likeness (QED) is 0.652. The molecular weight excluding hydrogens is 338 g/mol. The predicted octanol–water partition coefficient (Wildman–Crippen LogP) is 4.46. The summed E-state index contributed by atoms with van der Waals surface area (Å²) in [6.07, 6.45) is 1.62. The van der Waals surface area contributed by atoms with E-state index in [2.05, 4.69) is 15.6 Å². The number of anilines is 2. The van der Waals surface area contributed by atoms with Crippen LogP contribution in [0.15, 0.2) is 66.9 Å². The molecule has 0 aliphatic rings. The van der Waals surface area contributed by atoms with Crippen molar-refractivity contribution in [3.8, 4) is 5.75 Å². The van der Waals surface area contributed by atoms with E-state index < -0.39 is 0 Å². The summed E-state index contributed by atoms with van der Waals surface area (Å²) in [5, 5.41) is 6.15. The average Bonchev–Trinajstić information content (AvgIpc) is 2.69. The Morgan fingerprint density at radius 3 is 2.63 bits per heavy atom. The number of hydrogen-bond acceptors (Lipinski definition) is 4. The molecule has 3 rings (SSSR count). The van der Waals surface area contributed by atoms with E-state index in [1.165, 1.54) is 5.56 Å². The monoisotopic (exact) mass is 361 g/mol. The van der Waals surface area contributed by atoms with E-state index in [4.69, 9.17) is 4.74 Å². The van der Waals surface area contributed by atoms with Crippen molar-refractivity contribution < 1.29 is 9.53 Å². The Bertz CT molecular complexity index is 907. The maximum atomic E-state index is 12.5. The van der Waals surface area contributed by atoms with Gasteiger partial charge < -0.3 is 15.4 Å². The average molecular weight is 361 g/mol. The number of ether oxygens (including phenoxy) is 1. The summed E-state index contributed by atoms with van der Waals surface area (Å²) in [5.74, 6) is 1.19. The highest BCUT2D eigenvalue weighted by molar-refractivity contribution is 5.94. The van der Waals surface area contributed by atoms with Gasteiger partial charge in [0.1, 0.15) is 11.6 Å². The van der Waals surface area contributed by atoms with Crippen molar-refractivity contribution >= 4 is 17.4 Å². The van der Waals surface area contributed by atoms with Gasteiger partial charge >= 0.3 is 0 Å². The first kappa shape index (κ1) is 18.5. The molecule has 138 valence electrons. The zero-order valence-electron chi connectivity index (χ0n) is 15.5. The summed E-state index contributed by atoms with van der Waals surface area (Å²) in [4.78, 5) is 16.8. The van der Waals surface area contributed by atoms with Gasteiger partial charge in [-0.1, -0.05) is 42.0 Å². The molecule has 0 saturated carbocycles. The number of hydrogen-bond donors (Lipinski definition) is 2. The van der Waals surface area contributed by atoms with Crippen molar-refractivity contribution in [3.63, 3.8) is 0 Å². The second kappa shape index (κ2) is 8.85. The van der Waals surface area contributed by atoms with E-state index in [1.807, 2.05) is 62.4 Å². The molecule has 27 heavy (non-hydrogen) atoms. The van der Waals surface area contributed by atoms with Crippen LogP contribution >= 0.6 is 0 Å². The number of aryl methyl sites for hydroxylation is 1. The molecular formula is C22H23N3O2. The molecule has 5 nitrogen and oxygen atoms in total. The lowest BCUT2D eigenvalue weighted by atomic mass is 10.1. The van der Waals surface area contributed by atoms with Gasteiger partial charge in [-0.15, -0.1) is 0 Å². The maximum Gasteiger partial charge on any atom is 0.251 e. The number of para-hydroxylation sites is 2. The molecule has 0 saturated heterocycles. The van der Waals surface area contributed by atoms with Gasteiger partial charge in [0.2, 0.25) is 0 Å². The second-order valence-electron chi connectivity index (χ2n) is 6.15. The highest BCUT2D eigenvalue weighted by Gasteiger charge is 2.09. The van der Waals surface area contributed by atoms with E-state index in [0.29, 0.717) is 24.5 Å². The fourth-order valence-corrected chi connectivity index (χ4v) is 2.62. The Balaban J connectivity index is 1.68. The van der Waals surface area contributed by atoms with Gasteiger partial charge in [0.05, 0.1) is 12.3 Å². The number of nitrogens with zero attached hydrogens (tertiary/aromatic N) is 1. The van der Waals surface area contributed by atoms with Gasteiger partial charge in [0.15, 0.2) is 0 Å². The van der Waals surface area contributed by atoms with E-state index >= 15 is 0 Å². The number of carbonyl (C=O) groups excluding carboxylic acids is 1. The van der Waals surface area contributed by atoms with Crippen LogP contribution in [0.25, 0.3) is 0 Å². The highest BCUT2D eigenvalue weighted by atomic mass is 16.5. The molecule has 0 atom stereocenters. The summed E-state index contributed by atoms with van der Waals surface area (Å²) in [7, 11) is 0. The first-order valence-electron chi connectivity index (χ1n) is 8.94. The molecule has 3 aromatic rings. The summed E-state index contributed by atoms with van der Waals surface area (Å²) in [6, 6.07) is 19.2. The zero-order valence-corrected chi connectivity index (χ0v) is 15.5. The molecule has 1 aromatic heterocycles. The normalized spacial score (nSPS) is 10.3. The molecule has 1 heterocycles. The summed E-state index contributed by atoms with van der Waals surface area (Å²) in [6.45, 7) is 5.04. The van der Waals surface area contributed by atoms with Crippen LogP contribution in [-0.4, -0.2) is 17.5 Å². The van der Waals surface area contributed by atoms with E-state index in [0.717, 1.165) is 17.0 Å². The van der Waals surface area contributed by atoms with Crippen LogP contribution in [0, 0.1) is 6.92 Å². The van der Waals surface area contributed by atoms with Crippen LogP contribution in [0.4, 0.5) is 11.5 Å². The molecule has 5 heteroatoms. The molecule has 0 unspecified atom stereocenters. The largest absolute Gasteiger partial charge is 0.492 e. The third-order valence-corrected chi connectivity index (χ3v) is 4.05. The lowest BCUT2D eigenvalue weighted by Gasteiger charge is -2.12. The first-order valence-corrected chi connectivity index (χ1v) is 8.94. The summed E-state index contributed by atoms with van der Waals surface area (Å²) < 4.78 is 5.61. The fraction of sp³-hybridized carbons (Fsp3) is 0.182. The number of rotatable bonds is 7. The standard InChI is InChI=1S/C22H23N3O2/c1-3-27-20-7-5-4-6-19(20)25-21-14-18(12-13-23-21)22(26)24-15-17-10-8-16(2)9-11-17/h4-14H,3,15H2,1-2H3,(H,23,25)(H,24,26). The van der Waals surface area contributed by atoms with Crippen LogP contribution in [0.2, 0.25) is 0 Å². The lowest BCUT2D eigenvalue weighted by Crippen LogP contribution is -2.22. The van der Waals surface area contributed by atoms with Crippen LogP contribution in [0.5, 0.6) is 5.75 Å². The molecule has 0 aliphatic heterocycles. The molecule has 2 N–H and O–H groups in total. The van der Waals surface area contributed by atoms with Crippen molar-refractivity contribution in [2.45, 2.75) is 20.4 Å². The summed E-state index contributed by atoms with van der Waals surface area (Å²) >= 11 is 0. The molecule has 0 radical (unpaired) electrons. The van der Waals surface area contributed by atoms with Crippen molar-refractivity contribution in [2.24, 2.45) is 0 Å². The van der Waals surface area contributed by atoms with Crippen LogP contribution in [-0.2, 0) is 6.54 Å². The number of carbonyl (C=O) groups is 1.